The van der Waals surface area contributed by atoms with Crippen LogP contribution < -0.4 is 5.32 Å². The summed E-state index contributed by atoms with van der Waals surface area (Å²) in [6.07, 6.45) is 3.72. The molecule has 0 radical (unpaired) electrons. The fourth-order valence-electron chi connectivity index (χ4n) is 2.59. The number of benzene rings is 2. The Bertz CT molecular complexity index is 863. The lowest BCUT2D eigenvalue weighted by Gasteiger charge is -2.09. The second kappa shape index (κ2) is 6.71. The monoisotopic (exact) mass is 319 g/mol. The third-order valence-electron chi connectivity index (χ3n) is 4.26. The van der Waals surface area contributed by atoms with E-state index in [1.165, 1.54) is 5.56 Å². The molecule has 122 valence electrons. The van der Waals surface area contributed by atoms with Gasteiger partial charge in [-0.25, -0.2) is 4.98 Å². The van der Waals surface area contributed by atoms with Crippen molar-refractivity contribution in [3.8, 4) is 5.69 Å². The number of rotatable bonds is 4. The Balaban J connectivity index is 1.65. The Labute approximate surface area is 142 Å². The fourth-order valence-corrected chi connectivity index (χ4v) is 2.59. The molecular weight excluding hydrogens is 298 g/mol. The molecule has 0 fully saturated rings. The standard InChI is InChI=1S/C20H21N3O/c1-14-4-7-18(12-15(14)2)20(24)22-13-17-5-8-19(9-6-17)23-11-10-21-16(23)3/h4-12H,13H2,1-3H3,(H,22,24). The zero-order valence-corrected chi connectivity index (χ0v) is 14.2. The molecule has 1 amide bonds. The highest BCUT2D eigenvalue weighted by Gasteiger charge is 2.07. The maximum atomic E-state index is 12.3. The second-order valence-corrected chi connectivity index (χ2v) is 5.99. The Morgan fingerprint density at radius 1 is 1.04 bits per heavy atom. The van der Waals surface area contributed by atoms with Crippen molar-refractivity contribution >= 4 is 5.91 Å². The van der Waals surface area contributed by atoms with Crippen LogP contribution in [-0.2, 0) is 6.54 Å². The molecule has 2 aromatic carbocycles. The lowest BCUT2D eigenvalue weighted by atomic mass is 10.1. The molecule has 0 saturated heterocycles. The van der Waals surface area contributed by atoms with Gasteiger partial charge in [-0.2, -0.15) is 0 Å². The van der Waals surface area contributed by atoms with Crippen LogP contribution in [0.3, 0.4) is 0 Å². The summed E-state index contributed by atoms with van der Waals surface area (Å²) < 4.78 is 2.03. The van der Waals surface area contributed by atoms with Crippen LogP contribution in [0.25, 0.3) is 5.69 Å². The van der Waals surface area contributed by atoms with E-state index in [0.29, 0.717) is 12.1 Å². The summed E-state index contributed by atoms with van der Waals surface area (Å²) in [7, 11) is 0. The van der Waals surface area contributed by atoms with Gasteiger partial charge in [0.1, 0.15) is 5.82 Å². The summed E-state index contributed by atoms with van der Waals surface area (Å²) in [6, 6.07) is 13.9. The van der Waals surface area contributed by atoms with Crippen LogP contribution >= 0.6 is 0 Å². The van der Waals surface area contributed by atoms with E-state index in [4.69, 9.17) is 0 Å². The smallest absolute Gasteiger partial charge is 0.251 e. The van der Waals surface area contributed by atoms with E-state index in [1.807, 2.05) is 74.0 Å². The number of nitrogens with zero attached hydrogens (tertiary/aromatic N) is 2. The molecule has 0 atom stereocenters. The number of amides is 1. The van der Waals surface area contributed by atoms with Crippen molar-refractivity contribution < 1.29 is 4.79 Å². The summed E-state index contributed by atoms with van der Waals surface area (Å²) in [4.78, 5) is 16.5. The fraction of sp³-hybridized carbons (Fsp3) is 0.200. The summed E-state index contributed by atoms with van der Waals surface area (Å²) in [6.45, 7) is 6.54. The van der Waals surface area contributed by atoms with Crippen molar-refractivity contribution in [1.82, 2.24) is 14.9 Å². The average Bonchev–Trinajstić information content (AvgIpc) is 3.01. The van der Waals surface area contributed by atoms with Crippen LogP contribution in [0, 0.1) is 20.8 Å². The molecule has 0 aliphatic rings. The highest BCUT2D eigenvalue weighted by Crippen LogP contribution is 2.13. The first-order valence-corrected chi connectivity index (χ1v) is 7.99. The molecule has 1 aromatic heterocycles. The van der Waals surface area contributed by atoms with Gasteiger partial charge >= 0.3 is 0 Å². The predicted molar refractivity (Wildman–Crippen MR) is 95.4 cm³/mol. The van der Waals surface area contributed by atoms with E-state index in [2.05, 4.69) is 10.3 Å². The number of carbonyl (C=O) groups is 1. The first kappa shape index (κ1) is 16.0. The highest BCUT2D eigenvalue weighted by molar-refractivity contribution is 5.94. The highest BCUT2D eigenvalue weighted by atomic mass is 16.1. The number of nitrogens with one attached hydrogen (secondary N) is 1. The van der Waals surface area contributed by atoms with E-state index < -0.39 is 0 Å². The molecule has 0 aliphatic carbocycles. The number of carbonyl (C=O) groups excluding carboxylic acids is 1. The van der Waals surface area contributed by atoms with Gasteiger partial charge in [0.2, 0.25) is 0 Å². The van der Waals surface area contributed by atoms with Gasteiger partial charge in [-0.3, -0.25) is 4.79 Å². The first-order valence-electron chi connectivity index (χ1n) is 7.99. The maximum Gasteiger partial charge on any atom is 0.251 e. The number of imidazole rings is 1. The van der Waals surface area contributed by atoms with Gasteiger partial charge < -0.3 is 9.88 Å². The van der Waals surface area contributed by atoms with Gasteiger partial charge in [-0.15, -0.1) is 0 Å². The molecule has 0 spiro atoms. The summed E-state index contributed by atoms with van der Waals surface area (Å²) in [5.41, 5.74) is 5.14. The Hall–Kier alpha value is -2.88. The van der Waals surface area contributed by atoms with E-state index in [9.17, 15) is 4.79 Å². The number of hydrogen-bond acceptors (Lipinski definition) is 2. The SMILES string of the molecule is Cc1ccc(C(=O)NCc2ccc(-n3ccnc3C)cc2)cc1C. The van der Waals surface area contributed by atoms with Crippen molar-refractivity contribution in [3.05, 3.63) is 82.9 Å². The molecule has 0 saturated carbocycles. The van der Waals surface area contributed by atoms with Crippen molar-refractivity contribution in [2.75, 3.05) is 0 Å². The average molecular weight is 319 g/mol. The quantitative estimate of drug-likeness (QED) is 0.796. The molecule has 3 rings (SSSR count). The zero-order chi connectivity index (χ0) is 17.1. The molecule has 4 nitrogen and oxygen atoms in total. The van der Waals surface area contributed by atoms with Gasteiger partial charge in [-0.1, -0.05) is 18.2 Å². The van der Waals surface area contributed by atoms with Gasteiger partial charge in [-0.05, 0) is 61.7 Å². The number of aryl methyl sites for hydroxylation is 3. The normalized spacial score (nSPS) is 10.6. The van der Waals surface area contributed by atoms with Gasteiger partial charge in [0.05, 0.1) is 0 Å². The lowest BCUT2D eigenvalue weighted by molar-refractivity contribution is 0.0951. The summed E-state index contributed by atoms with van der Waals surface area (Å²) in [5.74, 6) is 0.901. The molecule has 1 N–H and O–H groups in total. The summed E-state index contributed by atoms with van der Waals surface area (Å²) in [5, 5.41) is 2.97. The van der Waals surface area contributed by atoms with Gasteiger partial charge in [0, 0.05) is 30.2 Å². The molecule has 24 heavy (non-hydrogen) atoms. The number of aromatic nitrogens is 2. The third-order valence-corrected chi connectivity index (χ3v) is 4.26. The minimum atomic E-state index is -0.0485. The molecule has 1 heterocycles. The maximum absolute atomic E-state index is 12.3. The Morgan fingerprint density at radius 2 is 1.79 bits per heavy atom. The topological polar surface area (TPSA) is 46.9 Å². The molecule has 4 heteroatoms. The predicted octanol–water partition coefficient (Wildman–Crippen LogP) is 3.73. The largest absolute Gasteiger partial charge is 0.348 e. The molecule has 3 aromatic rings. The van der Waals surface area contributed by atoms with Crippen LogP contribution in [-0.4, -0.2) is 15.5 Å². The van der Waals surface area contributed by atoms with Crippen LogP contribution in [0.1, 0.15) is 32.9 Å². The van der Waals surface area contributed by atoms with E-state index in [-0.39, 0.29) is 5.91 Å². The van der Waals surface area contributed by atoms with E-state index in [1.54, 1.807) is 6.20 Å². The lowest BCUT2D eigenvalue weighted by Crippen LogP contribution is -2.22. The van der Waals surface area contributed by atoms with Gasteiger partial charge in [0.15, 0.2) is 0 Å². The molecule has 0 aliphatic heterocycles. The van der Waals surface area contributed by atoms with E-state index in [0.717, 1.165) is 22.6 Å². The minimum absolute atomic E-state index is 0.0485. The molecule has 0 unspecified atom stereocenters. The van der Waals surface area contributed by atoms with Gasteiger partial charge in [0.25, 0.3) is 5.91 Å². The third kappa shape index (κ3) is 3.38. The van der Waals surface area contributed by atoms with Crippen LogP contribution in [0.15, 0.2) is 54.9 Å². The van der Waals surface area contributed by atoms with Crippen LogP contribution in [0.5, 0.6) is 0 Å². The second-order valence-electron chi connectivity index (χ2n) is 5.99. The van der Waals surface area contributed by atoms with Crippen LogP contribution in [0.4, 0.5) is 0 Å². The van der Waals surface area contributed by atoms with Crippen molar-refractivity contribution in [2.45, 2.75) is 27.3 Å². The van der Waals surface area contributed by atoms with Crippen molar-refractivity contribution in [3.63, 3.8) is 0 Å². The Morgan fingerprint density at radius 3 is 2.42 bits per heavy atom. The molecule has 0 bridgehead atoms. The van der Waals surface area contributed by atoms with Crippen LogP contribution in [0.2, 0.25) is 0 Å². The Kier molecular flexibility index (Phi) is 4.47. The first-order chi connectivity index (χ1) is 11.5. The minimum Gasteiger partial charge on any atom is -0.348 e. The summed E-state index contributed by atoms with van der Waals surface area (Å²) >= 11 is 0. The number of hydrogen-bond donors (Lipinski definition) is 1. The zero-order valence-electron chi connectivity index (χ0n) is 14.2. The van der Waals surface area contributed by atoms with Crippen molar-refractivity contribution in [2.24, 2.45) is 0 Å². The molecular formula is C20H21N3O. The van der Waals surface area contributed by atoms with E-state index >= 15 is 0 Å². The van der Waals surface area contributed by atoms with Crippen molar-refractivity contribution in [1.29, 1.82) is 0 Å².